The van der Waals surface area contributed by atoms with Crippen molar-refractivity contribution < 1.29 is 13.9 Å². The van der Waals surface area contributed by atoms with E-state index < -0.39 is 0 Å². The number of benzene rings is 2. The Kier molecular flexibility index (Phi) is 5.07. The van der Waals surface area contributed by atoms with Crippen LogP contribution in [0, 0.1) is 0 Å². The normalized spacial score (nSPS) is 17.2. The van der Waals surface area contributed by atoms with Crippen LogP contribution in [0.3, 0.4) is 0 Å². The van der Waals surface area contributed by atoms with E-state index in [4.69, 9.17) is 13.9 Å². The highest BCUT2D eigenvalue weighted by atomic mass is 16.5. The highest BCUT2D eigenvalue weighted by Crippen LogP contribution is 2.37. The SMILES string of the molecule is COc1ccc(C2CCCN2Cc2nnc(-c3ccccc3)o2)cc1OC. The Morgan fingerprint density at radius 3 is 2.63 bits per heavy atom. The van der Waals surface area contributed by atoms with Crippen molar-refractivity contribution in [2.45, 2.75) is 25.4 Å². The van der Waals surface area contributed by atoms with Crippen LogP contribution in [0.4, 0.5) is 0 Å². The molecule has 6 nitrogen and oxygen atoms in total. The van der Waals surface area contributed by atoms with E-state index in [0.717, 1.165) is 36.4 Å². The zero-order chi connectivity index (χ0) is 18.6. The average Bonchev–Trinajstić information content (AvgIpc) is 3.38. The van der Waals surface area contributed by atoms with Gasteiger partial charge in [0.1, 0.15) is 0 Å². The molecule has 1 atom stereocenters. The molecule has 2 heterocycles. The summed E-state index contributed by atoms with van der Waals surface area (Å²) >= 11 is 0. The summed E-state index contributed by atoms with van der Waals surface area (Å²) < 4.78 is 16.7. The van der Waals surface area contributed by atoms with Crippen molar-refractivity contribution in [3.63, 3.8) is 0 Å². The molecule has 1 saturated heterocycles. The Bertz CT molecular complexity index is 895. The number of rotatable bonds is 6. The number of hydrogen-bond donors (Lipinski definition) is 0. The molecule has 6 heteroatoms. The number of hydrogen-bond acceptors (Lipinski definition) is 6. The van der Waals surface area contributed by atoms with Crippen molar-refractivity contribution in [1.29, 1.82) is 0 Å². The molecular weight excluding hydrogens is 342 g/mol. The van der Waals surface area contributed by atoms with Gasteiger partial charge in [-0.25, -0.2) is 0 Å². The van der Waals surface area contributed by atoms with Gasteiger partial charge in [0.15, 0.2) is 11.5 Å². The zero-order valence-electron chi connectivity index (χ0n) is 15.6. The second-order valence-corrected chi connectivity index (χ2v) is 6.61. The predicted octanol–water partition coefficient (Wildman–Crippen LogP) is 4.09. The van der Waals surface area contributed by atoms with Crippen LogP contribution in [-0.4, -0.2) is 35.9 Å². The summed E-state index contributed by atoms with van der Waals surface area (Å²) in [5.74, 6) is 2.70. The summed E-state index contributed by atoms with van der Waals surface area (Å²) in [6, 6.07) is 16.3. The van der Waals surface area contributed by atoms with E-state index in [-0.39, 0.29) is 0 Å². The number of nitrogens with zero attached hydrogens (tertiary/aromatic N) is 3. The van der Waals surface area contributed by atoms with Crippen LogP contribution >= 0.6 is 0 Å². The highest BCUT2D eigenvalue weighted by molar-refractivity contribution is 5.51. The molecule has 0 saturated carbocycles. The van der Waals surface area contributed by atoms with Crippen LogP contribution < -0.4 is 9.47 Å². The monoisotopic (exact) mass is 365 g/mol. The van der Waals surface area contributed by atoms with Gasteiger partial charge in [-0.2, -0.15) is 0 Å². The van der Waals surface area contributed by atoms with E-state index in [0.29, 0.717) is 24.4 Å². The van der Waals surface area contributed by atoms with Gasteiger partial charge in [0, 0.05) is 11.6 Å². The molecule has 1 aliphatic heterocycles. The quantitative estimate of drug-likeness (QED) is 0.656. The van der Waals surface area contributed by atoms with E-state index in [9.17, 15) is 0 Å². The largest absolute Gasteiger partial charge is 0.493 e. The van der Waals surface area contributed by atoms with Crippen LogP contribution in [0.1, 0.15) is 30.3 Å². The van der Waals surface area contributed by atoms with Crippen molar-refractivity contribution in [3.05, 3.63) is 60.0 Å². The van der Waals surface area contributed by atoms with Crippen LogP contribution in [0.25, 0.3) is 11.5 Å². The maximum absolute atomic E-state index is 5.89. The third-order valence-corrected chi connectivity index (χ3v) is 4.98. The molecule has 0 N–H and O–H groups in total. The van der Waals surface area contributed by atoms with Crippen LogP contribution in [0.5, 0.6) is 11.5 Å². The van der Waals surface area contributed by atoms with Crippen LogP contribution in [-0.2, 0) is 6.54 Å². The smallest absolute Gasteiger partial charge is 0.247 e. The predicted molar refractivity (Wildman–Crippen MR) is 102 cm³/mol. The fourth-order valence-corrected chi connectivity index (χ4v) is 3.64. The molecule has 1 aliphatic rings. The molecule has 2 aromatic carbocycles. The number of likely N-dealkylation sites (tertiary alicyclic amines) is 1. The number of ether oxygens (including phenoxy) is 2. The van der Waals surface area contributed by atoms with Gasteiger partial charge in [-0.05, 0) is 49.2 Å². The molecule has 27 heavy (non-hydrogen) atoms. The summed E-state index contributed by atoms with van der Waals surface area (Å²) in [4.78, 5) is 2.38. The van der Waals surface area contributed by atoms with Gasteiger partial charge in [-0.15, -0.1) is 10.2 Å². The Labute approximate surface area is 158 Å². The molecule has 0 bridgehead atoms. The van der Waals surface area contributed by atoms with Gasteiger partial charge in [-0.1, -0.05) is 24.3 Å². The van der Waals surface area contributed by atoms with Crippen LogP contribution in [0.15, 0.2) is 52.9 Å². The van der Waals surface area contributed by atoms with Crippen LogP contribution in [0.2, 0.25) is 0 Å². The van der Waals surface area contributed by atoms with Crippen molar-refractivity contribution >= 4 is 0 Å². The van der Waals surface area contributed by atoms with Gasteiger partial charge in [-0.3, -0.25) is 4.90 Å². The second kappa shape index (κ2) is 7.80. The molecule has 3 aromatic rings. The lowest BCUT2D eigenvalue weighted by Gasteiger charge is -2.24. The van der Waals surface area contributed by atoms with Crippen molar-refractivity contribution in [2.75, 3.05) is 20.8 Å². The van der Waals surface area contributed by atoms with Gasteiger partial charge in [0.2, 0.25) is 11.8 Å². The fraction of sp³-hybridized carbons (Fsp3) is 0.333. The van der Waals surface area contributed by atoms with E-state index >= 15 is 0 Å². The Morgan fingerprint density at radius 2 is 1.85 bits per heavy atom. The summed E-state index contributed by atoms with van der Waals surface area (Å²) in [5.41, 5.74) is 2.15. The minimum Gasteiger partial charge on any atom is -0.493 e. The lowest BCUT2D eigenvalue weighted by molar-refractivity contribution is 0.223. The number of aromatic nitrogens is 2. The minimum atomic E-state index is 0.303. The maximum Gasteiger partial charge on any atom is 0.247 e. The number of methoxy groups -OCH3 is 2. The van der Waals surface area contributed by atoms with Gasteiger partial charge >= 0.3 is 0 Å². The molecule has 4 rings (SSSR count). The first-order valence-corrected chi connectivity index (χ1v) is 9.12. The van der Waals surface area contributed by atoms with Crippen molar-refractivity contribution in [2.24, 2.45) is 0 Å². The first kappa shape index (κ1) is 17.5. The minimum absolute atomic E-state index is 0.303. The highest BCUT2D eigenvalue weighted by Gasteiger charge is 2.28. The van der Waals surface area contributed by atoms with Gasteiger partial charge in [0.05, 0.1) is 20.8 Å². The molecular formula is C21H23N3O3. The lowest BCUT2D eigenvalue weighted by Crippen LogP contribution is -2.23. The molecule has 1 aromatic heterocycles. The Balaban J connectivity index is 1.52. The topological polar surface area (TPSA) is 60.6 Å². The van der Waals surface area contributed by atoms with Gasteiger partial charge in [0.25, 0.3) is 0 Å². The molecule has 140 valence electrons. The van der Waals surface area contributed by atoms with E-state index in [1.54, 1.807) is 14.2 Å². The standard InChI is InChI=1S/C21H23N3O3/c1-25-18-11-10-16(13-19(18)26-2)17-9-6-12-24(17)14-20-22-23-21(27-20)15-7-4-3-5-8-15/h3-5,7-8,10-11,13,17H,6,9,12,14H2,1-2H3. The van der Waals surface area contributed by atoms with E-state index in [2.05, 4.69) is 27.2 Å². The molecule has 0 spiro atoms. The third-order valence-electron chi connectivity index (χ3n) is 4.98. The van der Waals surface area contributed by atoms with Gasteiger partial charge < -0.3 is 13.9 Å². The molecule has 0 radical (unpaired) electrons. The first-order valence-electron chi connectivity index (χ1n) is 9.12. The zero-order valence-corrected chi connectivity index (χ0v) is 15.6. The van der Waals surface area contributed by atoms with E-state index in [1.165, 1.54) is 5.56 Å². The second-order valence-electron chi connectivity index (χ2n) is 6.61. The molecule has 1 fully saturated rings. The summed E-state index contributed by atoms with van der Waals surface area (Å²) in [7, 11) is 3.32. The average molecular weight is 365 g/mol. The Hall–Kier alpha value is -2.86. The van der Waals surface area contributed by atoms with Crippen molar-refractivity contribution in [1.82, 2.24) is 15.1 Å². The Morgan fingerprint density at radius 1 is 1.04 bits per heavy atom. The molecule has 0 aliphatic carbocycles. The van der Waals surface area contributed by atoms with E-state index in [1.807, 2.05) is 36.4 Å². The first-order chi connectivity index (χ1) is 13.3. The molecule has 0 amide bonds. The van der Waals surface area contributed by atoms with Crippen molar-refractivity contribution in [3.8, 4) is 23.0 Å². The third kappa shape index (κ3) is 3.66. The summed E-state index contributed by atoms with van der Waals surface area (Å²) in [5, 5.41) is 8.44. The summed E-state index contributed by atoms with van der Waals surface area (Å²) in [6.45, 7) is 1.64. The maximum atomic E-state index is 5.89. The summed E-state index contributed by atoms with van der Waals surface area (Å²) in [6.07, 6.45) is 2.23. The fourth-order valence-electron chi connectivity index (χ4n) is 3.64. The molecule has 1 unspecified atom stereocenters. The lowest BCUT2D eigenvalue weighted by atomic mass is 10.0.